The average Bonchev–Trinajstić information content (AvgIpc) is 2.88. The molecule has 0 radical (unpaired) electrons. The van der Waals surface area contributed by atoms with E-state index in [0.717, 1.165) is 19.3 Å². The van der Waals surface area contributed by atoms with E-state index in [1.54, 1.807) is 11.8 Å². The minimum absolute atomic E-state index is 0.202. The molecule has 0 aliphatic carbocycles. The van der Waals surface area contributed by atoms with Gasteiger partial charge in [0.25, 0.3) is 11.8 Å². The molecular formula is C13H16N4O2. The van der Waals surface area contributed by atoms with Crippen molar-refractivity contribution in [3.05, 3.63) is 17.5 Å². The molecule has 1 saturated heterocycles. The Morgan fingerprint density at radius 3 is 3.00 bits per heavy atom. The zero-order chi connectivity index (χ0) is 13.8. The third kappa shape index (κ3) is 2.60. The van der Waals surface area contributed by atoms with Crippen molar-refractivity contribution in [3.8, 4) is 11.8 Å². The number of nitrogens with zero attached hydrogens (tertiary/aromatic N) is 2. The van der Waals surface area contributed by atoms with E-state index in [-0.39, 0.29) is 11.9 Å². The molecule has 0 spiro atoms. The summed E-state index contributed by atoms with van der Waals surface area (Å²) in [5.41, 5.74) is 6.27. The molecule has 0 saturated carbocycles. The molecule has 0 aromatic carbocycles. The van der Waals surface area contributed by atoms with Crippen LogP contribution >= 0.6 is 0 Å². The molecule has 1 aliphatic rings. The molecule has 1 unspecified atom stereocenters. The first kappa shape index (κ1) is 13.1. The highest BCUT2D eigenvalue weighted by Crippen LogP contribution is 2.31. The van der Waals surface area contributed by atoms with Gasteiger partial charge in [0.1, 0.15) is 0 Å². The quantitative estimate of drug-likeness (QED) is 0.762. The molecular weight excluding hydrogens is 244 g/mol. The lowest BCUT2D eigenvalue weighted by atomic mass is 9.97. The fourth-order valence-corrected chi connectivity index (χ4v) is 2.40. The smallest absolute Gasteiger partial charge is 0.299 e. The number of carbonyl (C=O) groups excluding carboxylic acids is 2. The lowest BCUT2D eigenvalue weighted by molar-refractivity contribution is -0.128. The van der Waals surface area contributed by atoms with Crippen LogP contribution in [0.2, 0.25) is 0 Å². The molecule has 0 bridgehead atoms. The Labute approximate surface area is 111 Å². The molecule has 1 aliphatic heterocycles. The van der Waals surface area contributed by atoms with Crippen LogP contribution in [0.5, 0.6) is 0 Å². The number of piperidine rings is 1. The summed E-state index contributed by atoms with van der Waals surface area (Å²) in [4.78, 5) is 25.0. The molecule has 2 amide bonds. The van der Waals surface area contributed by atoms with Gasteiger partial charge in [0.2, 0.25) is 0 Å². The van der Waals surface area contributed by atoms with E-state index in [1.165, 1.54) is 6.20 Å². The van der Waals surface area contributed by atoms with Crippen LogP contribution in [0.3, 0.4) is 0 Å². The monoisotopic (exact) mass is 260 g/mol. The van der Waals surface area contributed by atoms with Crippen molar-refractivity contribution in [1.29, 1.82) is 0 Å². The normalized spacial score (nSPS) is 18.6. The molecule has 6 nitrogen and oxygen atoms in total. The van der Waals surface area contributed by atoms with Gasteiger partial charge in [-0.25, -0.2) is 0 Å². The Bertz CT molecular complexity index is 552. The van der Waals surface area contributed by atoms with Gasteiger partial charge < -0.3 is 10.6 Å². The second-order valence-electron chi connectivity index (χ2n) is 4.45. The number of hydrogen-bond acceptors (Lipinski definition) is 3. The molecule has 19 heavy (non-hydrogen) atoms. The summed E-state index contributed by atoms with van der Waals surface area (Å²) in [6.07, 6.45) is 4.11. The second-order valence-corrected chi connectivity index (χ2v) is 4.45. The van der Waals surface area contributed by atoms with Crippen LogP contribution in [-0.2, 0) is 4.79 Å². The zero-order valence-corrected chi connectivity index (χ0v) is 10.8. The number of likely N-dealkylation sites (tertiary alicyclic amines) is 1. The molecule has 1 atom stereocenters. The van der Waals surface area contributed by atoms with E-state index < -0.39 is 5.91 Å². The van der Waals surface area contributed by atoms with Gasteiger partial charge in [-0.3, -0.25) is 14.7 Å². The van der Waals surface area contributed by atoms with E-state index in [0.29, 0.717) is 17.8 Å². The number of nitrogens with two attached hydrogens (primary N) is 1. The number of carbonyl (C=O) groups is 2. The lowest BCUT2D eigenvalue weighted by Crippen LogP contribution is -2.38. The second kappa shape index (κ2) is 5.57. The van der Waals surface area contributed by atoms with Gasteiger partial charge >= 0.3 is 0 Å². The summed E-state index contributed by atoms with van der Waals surface area (Å²) in [5, 5.41) is 6.65. The number of hydrogen-bond donors (Lipinski definition) is 2. The molecule has 1 fully saturated rings. The van der Waals surface area contributed by atoms with Crippen molar-refractivity contribution in [3.63, 3.8) is 0 Å². The highest BCUT2D eigenvalue weighted by atomic mass is 16.2. The Morgan fingerprint density at radius 2 is 2.32 bits per heavy atom. The molecule has 3 N–H and O–H groups in total. The summed E-state index contributed by atoms with van der Waals surface area (Å²) in [6.45, 7) is 2.26. The largest absolute Gasteiger partial charge is 0.365 e. The predicted octanol–water partition coefficient (Wildman–Crippen LogP) is 0.586. The topological polar surface area (TPSA) is 92.1 Å². The first-order valence-corrected chi connectivity index (χ1v) is 6.21. The number of rotatable bonds is 2. The number of aromatic amines is 1. The van der Waals surface area contributed by atoms with Gasteiger partial charge in [-0.2, -0.15) is 5.10 Å². The molecule has 100 valence electrons. The predicted molar refractivity (Wildman–Crippen MR) is 68.9 cm³/mol. The van der Waals surface area contributed by atoms with Crippen molar-refractivity contribution in [2.45, 2.75) is 32.2 Å². The summed E-state index contributed by atoms with van der Waals surface area (Å²) in [5.74, 6) is 4.39. The Hall–Kier alpha value is -2.29. The Balaban J connectivity index is 2.33. The number of aromatic nitrogens is 2. The molecule has 2 heterocycles. The molecule has 1 aromatic rings. The van der Waals surface area contributed by atoms with E-state index in [1.807, 2.05) is 0 Å². The van der Waals surface area contributed by atoms with Gasteiger partial charge in [0.05, 0.1) is 23.5 Å². The van der Waals surface area contributed by atoms with Gasteiger partial charge in [0, 0.05) is 6.54 Å². The number of amides is 2. The van der Waals surface area contributed by atoms with Gasteiger partial charge in [-0.05, 0) is 32.1 Å². The van der Waals surface area contributed by atoms with Crippen molar-refractivity contribution in [2.24, 2.45) is 5.73 Å². The minimum Gasteiger partial charge on any atom is -0.365 e. The lowest BCUT2D eigenvalue weighted by Gasteiger charge is -2.34. The number of primary amides is 1. The molecule has 6 heteroatoms. The third-order valence-electron chi connectivity index (χ3n) is 3.26. The van der Waals surface area contributed by atoms with E-state index in [4.69, 9.17) is 5.73 Å². The van der Waals surface area contributed by atoms with E-state index in [2.05, 4.69) is 22.0 Å². The van der Waals surface area contributed by atoms with Crippen LogP contribution in [0.25, 0.3) is 0 Å². The summed E-state index contributed by atoms with van der Waals surface area (Å²) >= 11 is 0. The summed E-state index contributed by atoms with van der Waals surface area (Å²) < 4.78 is 0. The van der Waals surface area contributed by atoms with Crippen LogP contribution in [0, 0.1) is 11.8 Å². The third-order valence-corrected chi connectivity index (χ3v) is 3.26. The van der Waals surface area contributed by atoms with Crippen LogP contribution in [0.15, 0.2) is 6.20 Å². The molecule has 1 aromatic heterocycles. The highest BCUT2D eigenvalue weighted by Gasteiger charge is 2.31. The first-order valence-electron chi connectivity index (χ1n) is 6.21. The fourth-order valence-electron chi connectivity index (χ4n) is 2.40. The maximum absolute atomic E-state index is 12.0. The molecule has 2 rings (SSSR count). The van der Waals surface area contributed by atoms with Crippen LogP contribution in [0.4, 0.5) is 0 Å². The van der Waals surface area contributed by atoms with Crippen molar-refractivity contribution >= 4 is 11.8 Å². The SMILES string of the molecule is CC#CC(=O)N1CCCCC1c1[nH]ncc1C(N)=O. The van der Waals surface area contributed by atoms with E-state index >= 15 is 0 Å². The number of H-pyrrole nitrogens is 1. The van der Waals surface area contributed by atoms with Crippen LogP contribution < -0.4 is 5.73 Å². The van der Waals surface area contributed by atoms with Gasteiger partial charge in [-0.1, -0.05) is 5.92 Å². The van der Waals surface area contributed by atoms with E-state index in [9.17, 15) is 9.59 Å². The zero-order valence-electron chi connectivity index (χ0n) is 10.8. The first-order chi connectivity index (χ1) is 9.15. The standard InChI is InChI=1S/C13H16N4O2/c1-2-5-11(18)17-7-4-3-6-10(17)12-9(13(14)19)8-15-16-12/h8,10H,3-4,6-7H2,1H3,(H2,14,19)(H,15,16). The minimum atomic E-state index is -0.539. The van der Waals surface area contributed by atoms with Crippen molar-refractivity contribution in [2.75, 3.05) is 6.54 Å². The average molecular weight is 260 g/mol. The summed E-state index contributed by atoms with van der Waals surface area (Å²) in [6, 6.07) is -0.202. The maximum atomic E-state index is 12.0. The van der Waals surface area contributed by atoms with Gasteiger partial charge in [-0.15, -0.1) is 0 Å². The van der Waals surface area contributed by atoms with Crippen LogP contribution in [0.1, 0.15) is 48.3 Å². The van der Waals surface area contributed by atoms with Crippen molar-refractivity contribution < 1.29 is 9.59 Å². The van der Waals surface area contributed by atoms with Gasteiger partial charge in [0.15, 0.2) is 0 Å². The number of nitrogens with one attached hydrogen (secondary N) is 1. The summed E-state index contributed by atoms with van der Waals surface area (Å²) in [7, 11) is 0. The Kier molecular flexibility index (Phi) is 3.85. The van der Waals surface area contributed by atoms with Crippen molar-refractivity contribution in [1.82, 2.24) is 15.1 Å². The fraction of sp³-hybridized carbons (Fsp3) is 0.462. The Morgan fingerprint density at radius 1 is 1.53 bits per heavy atom. The maximum Gasteiger partial charge on any atom is 0.299 e. The highest BCUT2D eigenvalue weighted by molar-refractivity contribution is 5.95. The van der Waals surface area contributed by atoms with Crippen LogP contribution in [-0.4, -0.2) is 33.5 Å².